The molecular formula is C23H21ClF2N4O3. The van der Waals surface area contributed by atoms with Gasteiger partial charge in [-0.3, -0.25) is 9.59 Å². The Kier molecular flexibility index (Phi) is 6.71. The Morgan fingerprint density at radius 3 is 2.67 bits per heavy atom. The molecule has 33 heavy (non-hydrogen) atoms. The minimum absolute atomic E-state index is 0.117. The Labute approximate surface area is 193 Å². The summed E-state index contributed by atoms with van der Waals surface area (Å²) in [5, 5.41) is 3.15. The molecule has 2 N–H and O–H groups in total. The minimum Gasteiger partial charge on any atom is -0.340 e. The molecule has 3 aromatic rings. The van der Waals surface area contributed by atoms with Gasteiger partial charge in [-0.05, 0) is 48.9 Å². The van der Waals surface area contributed by atoms with Crippen LogP contribution in [0.2, 0.25) is 5.02 Å². The van der Waals surface area contributed by atoms with Crippen LogP contribution in [-0.4, -0.2) is 53.0 Å². The molecule has 2 aromatic carbocycles. The first kappa shape index (κ1) is 22.9. The monoisotopic (exact) mass is 474 g/mol. The third-order valence-corrected chi connectivity index (χ3v) is 5.55. The number of alkyl halides is 2. The highest BCUT2D eigenvalue weighted by Crippen LogP contribution is 2.22. The highest BCUT2D eigenvalue weighted by Gasteiger charge is 2.23. The minimum atomic E-state index is -3.00. The molecule has 0 spiro atoms. The van der Waals surface area contributed by atoms with Crippen LogP contribution >= 0.6 is 11.6 Å². The lowest BCUT2D eigenvalue weighted by atomic mass is 10.0. The third kappa shape index (κ3) is 5.20. The van der Waals surface area contributed by atoms with Gasteiger partial charge in [0.1, 0.15) is 11.9 Å². The van der Waals surface area contributed by atoms with Crippen LogP contribution in [-0.2, 0) is 4.74 Å². The maximum atomic E-state index is 12.9. The number of imidazole rings is 1. The molecular weight excluding hydrogens is 454 g/mol. The number of carbonyl (C=O) groups is 2. The first-order valence-electron chi connectivity index (χ1n) is 10.2. The van der Waals surface area contributed by atoms with E-state index in [0.717, 1.165) is 0 Å². The van der Waals surface area contributed by atoms with E-state index >= 15 is 0 Å². The van der Waals surface area contributed by atoms with Crippen molar-refractivity contribution in [1.82, 2.24) is 20.2 Å². The summed E-state index contributed by atoms with van der Waals surface area (Å²) in [5.41, 5.74) is 2.59. The predicted octanol–water partition coefficient (Wildman–Crippen LogP) is 4.25. The maximum absolute atomic E-state index is 12.9. The Morgan fingerprint density at radius 1 is 1.21 bits per heavy atom. The van der Waals surface area contributed by atoms with Gasteiger partial charge in [-0.2, -0.15) is 8.78 Å². The van der Waals surface area contributed by atoms with Crippen molar-refractivity contribution in [3.8, 4) is 0 Å². The average Bonchev–Trinajstić information content (AvgIpc) is 3.45. The van der Waals surface area contributed by atoms with Gasteiger partial charge >= 0.3 is 6.61 Å². The molecule has 1 aromatic heterocycles. The number of amides is 2. The van der Waals surface area contributed by atoms with Crippen LogP contribution in [0.3, 0.4) is 0 Å². The number of hydrogen-bond donors (Lipinski definition) is 2. The van der Waals surface area contributed by atoms with E-state index in [-0.39, 0.29) is 17.3 Å². The van der Waals surface area contributed by atoms with Crippen LogP contribution in [0, 0.1) is 6.92 Å². The van der Waals surface area contributed by atoms with E-state index in [4.69, 9.17) is 11.6 Å². The van der Waals surface area contributed by atoms with E-state index in [2.05, 4.69) is 20.0 Å². The molecule has 0 radical (unpaired) electrons. The second kappa shape index (κ2) is 9.68. The molecule has 7 nitrogen and oxygen atoms in total. The number of halogens is 3. The number of rotatable bonds is 7. The van der Waals surface area contributed by atoms with Gasteiger partial charge in [-0.15, -0.1) is 0 Å². The van der Waals surface area contributed by atoms with E-state index in [0.29, 0.717) is 40.3 Å². The number of nitrogens with zero attached hydrogens (tertiary/aromatic N) is 2. The number of nitrogens with one attached hydrogen (secondary N) is 2. The highest BCUT2D eigenvalue weighted by atomic mass is 35.5. The van der Waals surface area contributed by atoms with Crippen molar-refractivity contribution in [2.24, 2.45) is 0 Å². The standard InChI is InChI=1S/C23H21ClF2N4O3/c1-13-10-14(4-6-16(13)22(32)30-8-2-3-9-30)21(31)29-19(12-33-23(25)26)20-27-17-7-5-15(24)11-18(17)28-20/h2-7,10-11,19,23H,8-9,12H2,1H3,(H,27,28)(H,29,31)/t19-/m0/s1. The van der Waals surface area contributed by atoms with Crippen molar-refractivity contribution in [3.05, 3.63) is 76.1 Å². The van der Waals surface area contributed by atoms with E-state index in [1.807, 2.05) is 12.2 Å². The molecule has 0 saturated heterocycles. The maximum Gasteiger partial charge on any atom is 0.345 e. The fourth-order valence-electron chi connectivity index (χ4n) is 3.62. The van der Waals surface area contributed by atoms with E-state index in [1.165, 1.54) is 6.07 Å². The molecule has 1 atom stereocenters. The summed E-state index contributed by atoms with van der Waals surface area (Å²) in [4.78, 5) is 34.6. The largest absolute Gasteiger partial charge is 0.345 e. The average molecular weight is 475 g/mol. The number of carbonyl (C=O) groups excluding carboxylic acids is 2. The number of hydrogen-bond acceptors (Lipinski definition) is 4. The van der Waals surface area contributed by atoms with Crippen LogP contribution in [0.5, 0.6) is 0 Å². The molecule has 4 rings (SSSR count). The summed E-state index contributed by atoms with van der Waals surface area (Å²) in [7, 11) is 0. The number of H-pyrrole nitrogens is 1. The lowest BCUT2D eigenvalue weighted by Crippen LogP contribution is -2.33. The predicted molar refractivity (Wildman–Crippen MR) is 119 cm³/mol. The van der Waals surface area contributed by atoms with Gasteiger partial charge in [0.05, 0.1) is 17.6 Å². The quantitative estimate of drug-likeness (QED) is 0.501. The van der Waals surface area contributed by atoms with Crippen LogP contribution in [0.15, 0.2) is 48.6 Å². The number of fused-ring (bicyclic) bond motifs is 1. The van der Waals surface area contributed by atoms with Crippen molar-refractivity contribution in [1.29, 1.82) is 0 Å². The molecule has 2 heterocycles. The van der Waals surface area contributed by atoms with E-state index in [1.54, 1.807) is 42.2 Å². The zero-order chi connectivity index (χ0) is 23.5. The van der Waals surface area contributed by atoms with Gasteiger partial charge in [0.2, 0.25) is 0 Å². The number of benzene rings is 2. The van der Waals surface area contributed by atoms with Gasteiger partial charge < -0.3 is 19.9 Å². The van der Waals surface area contributed by atoms with Gasteiger partial charge in [0.25, 0.3) is 11.8 Å². The number of ether oxygens (including phenoxy) is 1. The van der Waals surface area contributed by atoms with Gasteiger partial charge in [-0.25, -0.2) is 4.98 Å². The Bertz CT molecular complexity index is 1220. The Hall–Kier alpha value is -3.30. The molecule has 0 saturated carbocycles. The van der Waals surface area contributed by atoms with Crippen molar-refractivity contribution in [3.63, 3.8) is 0 Å². The Balaban J connectivity index is 1.54. The highest BCUT2D eigenvalue weighted by molar-refractivity contribution is 6.31. The number of aromatic nitrogens is 2. The SMILES string of the molecule is Cc1cc(C(=O)N[C@@H](COC(F)F)c2nc3cc(Cl)ccc3[nH]2)ccc1C(=O)N1CC=CC1. The van der Waals surface area contributed by atoms with Gasteiger partial charge in [-0.1, -0.05) is 23.8 Å². The molecule has 1 aliphatic heterocycles. The molecule has 0 aliphatic carbocycles. The van der Waals surface area contributed by atoms with Crippen molar-refractivity contribution in [2.75, 3.05) is 19.7 Å². The van der Waals surface area contributed by atoms with Crippen molar-refractivity contribution in [2.45, 2.75) is 19.6 Å². The summed E-state index contributed by atoms with van der Waals surface area (Å²) < 4.78 is 29.9. The number of aromatic amines is 1. The molecule has 2 amide bonds. The summed E-state index contributed by atoms with van der Waals surface area (Å²) in [6.07, 6.45) is 3.84. The second-order valence-corrected chi connectivity index (χ2v) is 8.05. The fourth-order valence-corrected chi connectivity index (χ4v) is 3.79. The lowest BCUT2D eigenvalue weighted by Gasteiger charge is -2.19. The van der Waals surface area contributed by atoms with Gasteiger partial charge in [0.15, 0.2) is 0 Å². The van der Waals surface area contributed by atoms with Crippen LogP contribution < -0.4 is 5.32 Å². The Morgan fingerprint density at radius 2 is 1.97 bits per heavy atom. The zero-order valence-electron chi connectivity index (χ0n) is 17.6. The van der Waals surface area contributed by atoms with Crippen LogP contribution in [0.25, 0.3) is 11.0 Å². The lowest BCUT2D eigenvalue weighted by molar-refractivity contribution is -0.134. The molecule has 0 bridgehead atoms. The first-order valence-corrected chi connectivity index (χ1v) is 10.6. The topological polar surface area (TPSA) is 87.3 Å². The first-order chi connectivity index (χ1) is 15.8. The van der Waals surface area contributed by atoms with E-state index in [9.17, 15) is 18.4 Å². The zero-order valence-corrected chi connectivity index (χ0v) is 18.4. The van der Waals surface area contributed by atoms with Crippen molar-refractivity contribution >= 4 is 34.4 Å². The smallest absolute Gasteiger partial charge is 0.340 e. The van der Waals surface area contributed by atoms with E-state index < -0.39 is 25.2 Å². The van der Waals surface area contributed by atoms with Crippen LogP contribution in [0.4, 0.5) is 8.78 Å². The molecule has 1 aliphatic rings. The summed E-state index contributed by atoms with van der Waals surface area (Å²) in [5.74, 6) is -0.374. The molecule has 0 unspecified atom stereocenters. The summed E-state index contributed by atoms with van der Waals surface area (Å²) >= 11 is 5.99. The third-order valence-electron chi connectivity index (χ3n) is 5.31. The van der Waals surface area contributed by atoms with Crippen LogP contribution in [0.1, 0.15) is 38.1 Å². The molecule has 0 fully saturated rings. The normalized spacial score (nSPS) is 14.3. The summed E-state index contributed by atoms with van der Waals surface area (Å²) in [6.45, 7) is -0.650. The fraction of sp³-hybridized carbons (Fsp3) is 0.261. The van der Waals surface area contributed by atoms with Gasteiger partial charge in [0, 0.05) is 29.2 Å². The molecule has 172 valence electrons. The van der Waals surface area contributed by atoms with Crippen molar-refractivity contribution < 1.29 is 23.1 Å². The summed E-state index contributed by atoms with van der Waals surface area (Å²) in [6, 6.07) is 8.75. The second-order valence-electron chi connectivity index (χ2n) is 7.61. The number of aryl methyl sites for hydroxylation is 1. The molecule has 10 heteroatoms.